The van der Waals surface area contributed by atoms with Gasteiger partial charge in [0.2, 0.25) is 0 Å². The first-order valence-corrected chi connectivity index (χ1v) is 11.0. The molecule has 0 aliphatic heterocycles. The van der Waals surface area contributed by atoms with Crippen molar-refractivity contribution in [1.29, 1.82) is 0 Å². The van der Waals surface area contributed by atoms with Crippen LogP contribution in [0.3, 0.4) is 0 Å². The summed E-state index contributed by atoms with van der Waals surface area (Å²) in [5.41, 5.74) is 2.69. The first kappa shape index (κ1) is 22.2. The molecule has 0 aliphatic carbocycles. The van der Waals surface area contributed by atoms with Gasteiger partial charge in [0.15, 0.2) is 11.2 Å². The van der Waals surface area contributed by atoms with E-state index in [0.717, 1.165) is 16.5 Å². The van der Waals surface area contributed by atoms with Crippen LogP contribution >= 0.6 is 0 Å². The van der Waals surface area contributed by atoms with Crippen LogP contribution in [0.5, 0.6) is 11.5 Å². The number of Topliss-reactive ketones (excluding diaryl/α,β-unsaturated/α-hetero) is 1. The monoisotopic (exact) mass is 465 g/mol. The fraction of sp³-hybridized carbons (Fsp3) is 0.0714. The highest BCUT2D eigenvalue weighted by Gasteiger charge is 2.17. The van der Waals surface area contributed by atoms with Gasteiger partial charge >= 0.3 is 0 Å². The molecule has 2 aromatic carbocycles. The van der Waals surface area contributed by atoms with Gasteiger partial charge in [-0.15, -0.1) is 0 Å². The van der Waals surface area contributed by atoms with Crippen LogP contribution in [0, 0.1) is 12.7 Å². The Bertz CT molecular complexity index is 1590. The molecule has 0 bridgehead atoms. The number of ether oxygens (including phenoxy) is 1. The van der Waals surface area contributed by atoms with E-state index in [2.05, 4.69) is 15.0 Å². The molecule has 5 rings (SSSR count). The van der Waals surface area contributed by atoms with Crippen LogP contribution in [0.25, 0.3) is 22.0 Å². The van der Waals surface area contributed by atoms with Crippen molar-refractivity contribution in [3.63, 3.8) is 0 Å². The molecule has 6 nitrogen and oxygen atoms in total. The number of ketones is 1. The summed E-state index contributed by atoms with van der Waals surface area (Å²) < 4.78 is 19.3. The van der Waals surface area contributed by atoms with E-state index < -0.39 is 5.82 Å². The highest BCUT2D eigenvalue weighted by Crippen LogP contribution is 2.28. The second-order valence-electron chi connectivity index (χ2n) is 8.09. The Morgan fingerprint density at radius 1 is 1.00 bits per heavy atom. The topological polar surface area (TPSA) is 84.9 Å². The highest BCUT2D eigenvalue weighted by atomic mass is 19.1. The molecular weight excluding hydrogens is 445 g/mol. The molecule has 0 saturated carbocycles. The highest BCUT2D eigenvalue weighted by molar-refractivity contribution is 5.98. The summed E-state index contributed by atoms with van der Waals surface area (Å²) in [5, 5.41) is 0.845. The van der Waals surface area contributed by atoms with Crippen molar-refractivity contribution in [1.82, 2.24) is 15.0 Å². The number of pyridine rings is 3. The summed E-state index contributed by atoms with van der Waals surface area (Å²) in [4.78, 5) is 37.4. The van der Waals surface area contributed by atoms with E-state index in [1.54, 1.807) is 55.8 Å². The number of halogens is 1. The van der Waals surface area contributed by atoms with Crippen molar-refractivity contribution in [3.8, 4) is 22.6 Å². The first-order chi connectivity index (χ1) is 17.0. The molecule has 0 aliphatic rings. The first-order valence-electron chi connectivity index (χ1n) is 11.0. The fourth-order valence-corrected chi connectivity index (χ4v) is 3.94. The van der Waals surface area contributed by atoms with Crippen molar-refractivity contribution in [2.75, 3.05) is 0 Å². The van der Waals surface area contributed by atoms with Gasteiger partial charge in [-0.1, -0.05) is 24.3 Å². The van der Waals surface area contributed by atoms with Crippen molar-refractivity contribution >= 4 is 16.7 Å². The van der Waals surface area contributed by atoms with Crippen LogP contribution in [-0.2, 0) is 6.42 Å². The molecule has 0 atom stereocenters. The van der Waals surface area contributed by atoms with Gasteiger partial charge < -0.3 is 9.72 Å². The predicted octanol–water partition coefficient (Wildman–Crippen LogP) is 5.65. The minimum atomic E-state index is -0.392. The van der Waals surface area contributed by atoms with E-state index in [1.807, 2.05) is 6.07 Å². The van der Waals surface area contributed by atoms with Gasteiger partial charge in [-0.3, -0.25) is 19.6 Å². The fourth-order valence-electron chi connectivity index (χ4n) is 3.94. The van der Waals surface area contributed by atoms with Crippen molar-refractivity contribution in [2.45, 2.75) is 13.3 Å². The number of aryl methyl sites for hydroxylation is 1. The van der Waals surface area contributed by atoms with E-state index in [0.29, 0.717) is 28.3 Å². The van der Waals surface area contributed by atoms with Gasteiger partial charge in [-0.05, 0) is 54.4 Å². The zero-order chi connectivity index (χ0) is 24.4. The number of fused-ring (bicyclic) bond motifs is 1. The minimum Gasteiger partial charge on any atom is -0.457 e. The van der Waals surface area contributed by atoms with Gasteiger partial charge in [0.05, 0.1) is 17.3 Å². The number of carbonyl (C=O) groups is 1. The Balaban J connectivity index is 1.36. The van der Waals surface area contributed by atoms with Crippen LogP contribution in [0.4, 0.5) is 4.39 Å². The zero-order valence-corrected chi connectivity index (χ0v) is 18.8. The lowest BCUT2D eigenvalue weighted by atomic mass is 9.98. The van der Waals surface area contributed by atoms with Gasteiger partial charge in [-0.2, -0.15) is 0 Å². The number of hydrogen-bond acceptors (Lipinski definition) is 5. The standard InChI is InChI=1S/C28H20FN3O3/c1-17-27(19-4-6-20(29)7-5-19)28(34)23(15-32-17)25(33)14-18-2-8-21(9-3-18)35-26-11-13-31-24-16-30-12-10-22(24)26/h2-13,15-16H,14H2,1H3,(H,32,34). The van der Waals surface area contributed by atoms with Crippen LogP contribution in [0.1, 0.15) is 21.6 Å². The number of nitrogens with zero attached hydrogens (tertiary/aromatic N) is 2. The summed E-state index contributed by atoms with van der Waals surface area (Å²) in [7, 11) is 0. The van der Waals surface area contributed by atoms with E-state index in [4.69, 9.17) is 4.74 Å². The van der Waals surface area contributed by atoms with Gasteiger partial charge in [0.1, 0.15) is 17.3 Å². The smallest absolute Gasteiger partial charge is 0.200 e. The van der Waals surface area contributed by atoms with Crippen LogP contribution in [0.2, 0.25) is 0 Å². The zero-order valence-electron chi connectivity index (χ0n) is 18.8. The SMILES string of the molecule is Cc1[nH]cc(C(=O)Cc2ccc(Oc3ccnc4cnccc34)cc2)c(=O)c1-c1ccc(F)cc1. The van der Waals surface area contributed by atoms with E-state index in [-0.39, 0.29) is 23.2 Å². The average Bonchev–Trinajstić information content (AvgIpc) is 2.86. The molecule has 0 unspecified atom stereocenters. The number of benzene rings is 2. The number of hydrogen-bond donors (Lipinski definition) is 1. The van der Waals surface area contributed by atoms with Crippen LogP contribution < -0.4 is 10.2 Å². The lowest BCUT2D eigenvalue weighted by Crippen LogP contribution is -2.20. The molecule has 0 radical (unpaired) electrons. The van der Waals surface area contributed by atoms with Gasteiger partial charge in [0.25, 0.3) is 0 Å². The summed E-state index contributed by atoms with van der Waals surface area (Å²) in [6.45, 7) is 1.75. The largest absolute Gasteiger partial charge is 0.457 e. The number of rotatable bonds is 6. The Morgan fingerprint density at radius 3 is 2.54 bits per heavy atom. The maximum Gasteiger partial charge on any atom is 0.200 e. The van der Waals surface area contributed by atoms with E-state index in [9.17, 15) is 14.0 Å². The summed E-state index contributed by atoms with van der Waals surface area (Å²) in [5.74, 6) is 0.561. The van der Waals surface area contributed by atoms with Crippen LogP contribution in [0.15, 0.2) is 90.2 Å². The van der Waals surface area contributed by atoms with Gasteiger partial charge in [0, 0.05) is 41.7 Å². The molecule has 172 valence electrons. The van der Waals surface area contributed by atoms with Crippen molar-refractivity contribution < 1.29 is 13.9 Å². The maximum atomic E-state index is 13.3. The quantitative estimate of drug-likeness (QED) is 0.328. The number of aromatic nitrogens is 3. The molecule has 3 heterocycles. The number of H-pyrrole nitrogens is 1. The number of nitrogens with one attached hydrogen (secondary N) is 1. The Hall–Kier alpha value is -4.65. The number of aromatic amines is 1. The molecule has 5 aromatic rings. The van der Waals surface area contributed by atoms with Crippen LogP contribution in [-0.4, -0.2) is 20.7 Å². The number of carbonyl (C=O) groups excluding carboxylic acids is 1. The molecule has 35 heavy (non-hydrogen) atoms. The molecule has 0 saturated heterocycles. The molecule has 1 N–H and O–H groups in total. The Kier molecular flexibility index (Phi) is 5.89. The maximum absolute atomic E-state index is 13.3. The molecule has 3 aromatic heterocycles. The lowest BCUT2D eigenvalue weighted by Gasteiger charge is -2.10. The second-order valence-corrected chi connectivity index (χ2v) is 8.09. The third-order valence-corrected chi connectivity index (χ3v) is 5.73. The predicted molar refractivity (Wildman–Crippen MR) is 131 cm³/mol. The molecule has 0 amide bonds. The van der Waals surface area contributed by atoms with Crippen molar-refractivity contribution in [2.24, 2.45) is 0 Å². The average molecular weight is 465 g/mol. The third-order valence-electron chi connectivity index (χ3n) is 5.73. The molecule has 0 spiro atoms. The second kappa shape index (κ2) is 9.30. The normalized spacial score (nSPS) is 10.9. The van der Waals surface area contributed by atoms with E-state index in [1.165, 1.54) is 30.5 Å². The third kappa shape index (κ3) is 4.56. The molecule has 0 fully saturated rings. The summed E-state index contributed by atoms with van der Waals surface area (Å²) in [6, 6.07) is 16.4. The van der Waals surface area contributed by atoms with E-state index >= 15 is 0 Å². The van der Waals surface area contributed by atoms with Gasteiger partial charge in [-0.25, -0.2) is 4.39 Å². The molecular formula is C28H20FN3O3. The minimum absolute atomic E-state index is 0.0547. The molecule has 7 heteroatoms. The lowest BCUT2D eigenvalue weighted by molar-refractivity contribution is 0.0991. The van der Waals surface area contributed by atoms with Crippen molar-refractivity contribution in [3.05, 3.63) is 118 Å². The summed E-state index contributed by atoms with van der Waals surface area (Å²) >= 11 is 0. The Labute approximate surface area is 200 Å². The Morgan fingerprint density at radius 2 is 1.77 bits per heavy atom. The summed E-state index contributed by atoms with van der Waals surface area (Å²) in [6.07, 6.45) is 6.50.